The van der Waals surface area contributed by atoms with Gasteiger partial charge < -0.3 is 15.7 Å². The minimum absolute atomic E-state index is 0.318. The number of carboxylic acid groups (broad SMARTS) is 1. The van der Waals surface area contributed by atoms with Crippen molar-refractivity contribution in [1.29, 1.82) is 0 Å². The van der Waals surface area contributed by atoms with Crippen LogP contribution in [0.2, 0.25) is 0 Å². The SMILES string of the molecule is CCC[C@H](NC(=O)Nc1cc(F)ccc1C)C(=O)O. The molecule has 1 atom stereocenters. The number of hydrogen-bond acceptors (Lipinski definition) is 2. The molecule has 1 aromatic rings. The maximum Gasteiger partial charge on any atom is 0.326 e. The van der Waals surface area contributed by atoms with Crippen LogP contribution in [0, 0.1) is 12.7 Å². The van der Waals surface area contributed by atoms with Crippen molar-refractivity contribution in [2.45, 2.75) is 32.7 Å². The molecule has 0 spiro atoms. The summed E-state index contributed by atoms with van der Waals surface area (Å²) < 4.78 is 13.0. The van der Waals surface area contributed by atoms with E-state index in [1.54, 1.807) is 6.92 Å². The Balaban J connectivity index is 2.68. The van der Waals surface area contributed by atoms with Gasteiger partial charge in [0.1, 0.15) is 11.9 Å². The first-order valence-electron chi connectivity index (χ1n) is 6.00. The van der Waals surface area contributed by atoms with Crippen LogP contribution in [0.1, 0.15) is 25.3 Å². The molecular formula is C13H17FN2O3. The molecule has 0 aliphatic rings. The van der Waals surface area contributed by atoms with Crippen molar-refractivity contribution >= 4 is 17.7 Å². The number of carbonyl (C=O) groups excluding carboxylic acids is 1. The van der Waals surface area contributed by atoms with Gasteiger partial charge in [-0.1, -0.05) is 19.4 Å². The van der Waals surface area contributed by atoms with Gasteiger partial charge in [-0.25, -0.2) is 14.0 Å². The van der Waals surface area contributed by atoms with Crippen LogP contribution in [0.25, 0.3) is 0 Å². The minimum atomic E-state index is -1.09. The maximum atomic E-state index is 13.0. The van der Waals surface area contributed by atoms with Gasteiger partial charge in [-0.2, -0.15) is 0 Å². The summed E-state index contributed by atoms with van der Waals surface area (Å²) in [6.45, 7) is 3.54. The van der Waals surface area contributed by atoms with Crippen molar-refractivity contribution in [2.24, 2.45) is 0 Å². The van der Waals surface area contributed by atoms with Crippen LogP contribution in [-0.4, -0.2) is 23.1 Å². The average molecular weight is 268 g/mol. The quantitative estimate of drug-likeness (QED) is 0.767. The molecule has 0 aliphatic carbocycles. The zero-order valence-electron chi connectivity index (χ0n) is 10.9. The van der Waals surface area contributed by atoms with Crippen LogP contribution in [0.5, 0.6) is 0 Å². The first-order chi connectivity index (χ1) is 8.93. The largest absolute Gasteiger partial charge is 0.480 e. The predicted octanol–water partition coefficient (Wildman–Crippen LogP) is 2.51. The van der Waals surface area contributed by atoms with E-state index in [1.165, 1.54) is 18.2 Å². The number of rotatable bonds is 5. The summed E-state index contributed by atoms with van der Waals surface area (Å²) in [5, 5.41) is 13.7. The third-order valence-electron chi connectivity index (χ3n) is 2.63. The van der Waals surface area contributed by atoms with Gasteiger partial charge in [0.15, 0.2) is 0 Å². The van der Waals surface area contributed by atoms with Crippen LogP contribution < -0.4 is 10.6 Å². The zero-order chi connectivity index (χ0) is 14.4. The van der Waals surface area contributed by atoms with Crippen LogP contribution in [0.15, 0.2) is 18.2 Å². The second kappa shape index (κ2) is 6.72. The monoisotopic (exact) mass is 268 g/mol. The molecule has 5 nitrogen and oxygen atoms in total. The Kier molecular flexibility index (Phi) is 5.29. The smallest absolute Gasteiger partial charge is 0.326 e. The number of nitrogens with one attached hydrogen (secondary N) is 2. The lowest BCUT2D eigenvalue weighted by atomic mass is 10.1. The first-order valence-corrected chi connectivity index (χ1v) is 6.00. The summed E-state index contributed by atoms with van der Waals surface area (Å²) in [7, 11) is 0. The van der Waals surface area contributed by atoms with Gasteiger partial charge in [0.2, 0.25) is 0 Å². The summed E-state index contributed by atoms with van der Waals surface area (Å²) in [4.78, 5) is 22.6. The standard InChI is InChI=1S/C13H17FN2O3/c1-3-4-10(12(17)18)15-13(19)16-11-7-9(14)6-5-8(11)2/h5-7,10H,3-4H2,1-2H3,(H,17,18)(H2,15,16,19)/t10-/m0/s1. The highest BCUT2D eigenvalue weighted by Crippen LogP contribution is 2.15. The fourth-order valence-corrected chi connectivity index (χ4v) is 1.59. The third kappa shape index (κ3) is 4.57. The molecular weight excluding hydrogens is 251 g/mol. The van der Waals surface area contributed by atoms with Gasteiger partial charge >= 0.3 is 12.0 Å². The van der Waals surface area contributed by atoms with E-state index in [-0.39, 0.29) is 0 Å². The van der Waals surface area contributed by atoms with Crippen molar-refractivity contribution in [2.75, 3.05) is 5.32 Å². The molecule has 1 rings (SSSR count). The van der Waals surface area contributed by atoms with E-state index in [2.05, 4.69) is 10.6 Å². The number of aliphatic carboxylic acids is 1. The topological polar surface area (TPSA) is 78.4 Å². The average Bonchev–Trinajstić information content (AvgIpc) is 2.33. The number of aryl methyl sites for hydroxylation is 1. The predicted molar refractivity (Wildman–Crippen MR) is 69.6 cm³/mol. The Bertz CT molecular complexity index is 477. The van der Waals surface area contributed by atoms with Crippen LogP contribution >= 0.6 is 0 Å². The van der Waals surface area contributed by atoms with Crippen molar-refractivity contribution in [1.82, 2.24) is 5.32 Å². The highest BCUT2D eigenvalue weighted by molar-refractivity contribution is 5.92. The van der Waals surface area contributed by atoms with Crippen LogP contribution in [0.3, 0.4) is 0 Å². The van der Waals surface area contributed by atoms with Crippen molar-refractivity contribution in [3.63, 3.8) is 0 Å². The molecule has 0 saturated carbocycles. The lowest BCUT2D eigenvalue weighted by molar-refractivity contribution is -0.139. The van der Waals surface area contributed by atoms with Gasteiger partial charge in [0.25, 0.3) is 0 Å². The van der Waals surface area contributed by atoms with Gasteiger partial charge in [-0.05, 0) is 31.0 Å². The molecule has 0 bridgehead atoms. The van der Waals surface area contributed by atoms with Gasteiger partial charge in [-0.15, -0.1) is 0 Å². The fourth-order valence-electron chi connectivity index (χ4n) is 1.59. The molecule has 1 aromatic carbocycles. The third-order valence-corrected chi connectivity index (χ3v) is 2.63. The number of amides is 2. The zero-order valence-corrected chi connectivity index (χ0v) is 10.9. The fraction of sp³-hybridized carbons (Fsp3) is 0.385. The highest BCUT2D eigenvalue weighted by atomic mass is 19.1. The summed E-state index contributed by atoms with van der Waals surface area (Å²) in [5.74, 6) is -1.56. The maximum absolute atomic E-state index is 13.0. The van der Waals surface area contributed by atoms with Crippen LogP contribution in [-0.2, 0) is 4.79 Å². The molecule has 2 amide bonds. The van der Waals surface area contributed by atoms with E-state index in [0.717, 1.165) is 0 Å². The Morgan fingerprint density at radius 1 is 1.42 bits per heavy atom. The molecule has 0 fully saturated rings. The Labute approximate surface area is 110 Å². The highest BCUT2D eigenvalue weighted by Gasteiger charge is 2.18. The van der Waals surface area contributed by atoms with Gasteiger partial charge in [0.05, 0.1) is 0 Å². The number of anilines is 1. The van der Waals surface area contributed by atoms with E-state index in [9.17, 15) is 14.0 Å². The van der Waals surface area contributed by atoms with E-state index >= 15 is 0 Å². The van der Waals surface area contributed by atoms with E-state index in [0.29, 0.717) is 24.1 Å². The molecule has 19 heavy (non-hydrogen) atoms. The first kappa shape index (κ1) is 14.9. The summed E-state index contributed by atoms with van der Waals surface area (Å²) in [5.41, 5.74) is 1.01. The molecule has 3 N–H and O–H groups in total. The molecule has 0 aromatic heterocycles. The van der Waals surface area contributed by atoms with E-state index in [1.807, 2.05) is 6.92 Å². The van der Waals surface area contributed by atoms with Gasteiger partial charge in [0, 0.05) is 5.69 Å². The minimum Gasteiger partial charge on any atom is -0.480 e. The number of benzene rings is 1. The molecule has 0 aliphatic heterocycles. The number of carbonyl (C=O) groups is 2. The molecule has 0 saturated heterocycles. The molecule has 0 heterocycles. The van der Waals surface area contributed by atoms with Crippen molar-refractivity contribution in [3.8, 4) is 0 Å². The number of carboxylic acids is 1. The Morgan fingerprint density at radius 3 is 2.68 bits per heavy atom. The number of urea groups is 1. The molecule has 0 unspecified atom stereocenters. The number of halogens is 1. The van der Waals surface area contributed by atoms with E-state index < -0.39 is 23.9 Å². The lowest BCUT2D eigenvalue weighted by Crippen LogP contribution is -2.43. The summed E-state index contributed by atoms with van der Waals surface area (Å²) in [6.07, 6.45) is 0.973. The summed E-state index contributed by atoms with van der Waals surface area (Å²) in [6, 6.07) is 2.40. The Hall–Kier alpha value is -2.11. The van der Waals surface area contributed by atoms with Crippen LogP contribution in [0.4, 0.5) is 14.9 Å². The Morgan fingerprint density at radius 2 is 2.11 bits per heavy atom. The van der Waals surface area contributed by atoms with E-state index in [4.69, 9.17) is 5.11 Å². The lowest BCUT2D eigenvalue weighted by Gasteiger charge is -2.15. The van der Waals surface area contributed by atoms with Gasteiger partial charge in [-0.3, -0.25) is 0 Å². The second-order valence-corrected chi connectivity index (χ2v) is 4.24. The second-order valence-electron chi connectivity index (χ2n) is 4.24. The summed E-state index contributed by atoms with van der Waals surface area (Å²) >= 11 is 0. The normalized spacial score (nSPS) is 11.7. The van der Waals surface area contributed by atoms with Crippen molar-refractivity contribution in [3.05, 3.63) is 29.6 Å². The molecule has 0 radical (unpaired) electrons. The van der Waals surface area contributed by atoms with Crippen molar-refractivity contribution < 1.29 is 19.1 Å². The number of hydrogen-bond donors (Lipinski definition) is 3. The molecule has 104 valence electrons. The molecule has 6 heteroatoms.